The third-order valence-corrected chi connectivity index (χ3v) is 4.57. The van der Waals surface area contributed by atoms with Crippen molar-refractivity contribution in [3.8, 4) is 0 Å². The third-order valence-electron chi connectivity index (χ3n) is 4.57. The fourth-order valence-corrected chi connectivity index (χ4v) is 3.09. The van der Waals surface area contributed by atoms with E-state index < -0.39 is 0 Å². The van der Waals surface area contributed by atoms with Gasteiger partial charge in [-0.2, -0.15) is 4.98 Å². The van der Waals surface area contributed by atoms with Crippen molar-refractivity contribution in [3.05, 3.63) is 11.7 Å². The van der Waals surface area contributed by atoms with Crippen molar-refractivity contribution in [3.63, 3.8) is 0 Å². The van der Waals surface area contributed by atoms with Crippen molar-refractivity contribution < 1.29 is 4.52 Å². The molecule has 1 heterocycles. The maximum Gasteiger partial charge on any atom is 0.234 e. The molecule has 2 aliphatic rings. The zero-order valence-corrected chi connectivity index (χ0v) is 10.3. The van der Waals surface area contributed by atoms with Gasteiger partial charge in [-0.15, -0.1) is 0 Å². The fourth-order valence-electron chi connectivity index (χ4n) is 3.09. The quantitative estimate of drug-likeness (QED) is 0.874. The first-order valence-corrected chi connectivity index (χ1v) is 6.88. The lowest BCUT2D eigenvalue weighted by molar-refractivity contribution is 0.181. The highest BCUT2D eigenvalue weighted by Crippen LogP contribution is 2.42. The van der Waals surface area contributed by atoms with E-state index >= 15 is 0 Å². The van der Waals surface area contributed by atoms with Gasteiger partial charge in [-0.25, -0.2) is 0 Å². The third kappa shape index (κ3) is 1.88. The standard InChI is InChI=1S/C13H21N3O/c14-9-13(7-4-8-13)12-15-11(16-17-12)10-5-2-1-3-6-10/h10H,1-9,14H2. The highest BCUT2D eigenvalue weighted by Gasteiger charge is 2.42. The van der Waals surface area contributed by atoms with Crippen LogP contribution in [-0.2, 0) is 5.41 Å². The van der Waals surface area contributed by atoms with E-state index in [0.29, 0.717) is 12.5 Å². The molecule has 2 fully saturated rings. The molecule has 0 saturated heterocycles. The molecule has 1 aromatic rings. The Hall–Kier alpha value is -0.900. The number of nitrogens with two attached hydrogens (primary N) is 1. The van der Waals surface area contributed by atoms with Crippen LogP contribution in [0.4, 0.5) is 0 Å². The zero-order valence-electron chi connectivity index (χ0n) is 10.3. The SMILES string of the molecule is NCC1(c2nc(C3CCCCC3)no2)CCC1. The van der Waals surface area contributed by atoms with Gasteiger partial charge < -0.3 is 10.3 Å². The lowest BCUT2D eigenvalue weighted by Gasteiger charge is -2.36. The van der Waals surface area contributed by atoms with E-state index in [-0.39, 0.29) is 5.41 Å². The lowest BCUT2D eigenvalue weighted by Crippen LogP contribution is -2.41. The molecule has 0 bridgehead atoms. The Balaban J connectivity index is 1.77. The van der Waals surface area contributed by atoms with Crippen LogP contribution in [0.2, 0.25) is 0 Å². The van der Waals surface area contributed by atoms with Gasteiger partial charge in [-0.05, 0) is 25.7 Å². The normalized spacial score (nSPS) is 24.5. The molecule has 17 heavy (non-hydrogen) atoms. The van der Waals surface area contributed by atoms with Crippen molar-refractivity contribution in [2.75, 3.05) is 6.54 Å². The van der Waals surface area contributed by atoms with Crippen molar-refractivity contribution >= 4 is 0 Å². The van der Waals surface area contributed by atoms with Gasteiger partial charge in [0.15, 0.2) is 5.82 Å². The minimum absolute atomic E-state index is 0.0138. The summed E-state index contributed by atoms with van der Waals surface area (Å²) in [6.07, 6.45) is 9.84. The smallest absolute Gasteiger partial charge is 0.234 e. The Morgan fingerprint density at radius 1 is 1.18 bits per heavy atom. The van der Waals surface area contributed by atoms with E-state index in [1.54, 1.807) is 0 Å². The molecule has 2 saturated carbocycles. The first-order chi connectivity index (χ1) is 8.34. The highest BCUT2D eigenvalue weighted by molar-refractivity contribution is 5.12. The summed E-state index contributed by atoms with van der Waals surface area (Å²) in [6.45, 7) is 0.638. The maximum atomic E-state index is 5.86. The predicted molar refractivity (Wildman–Crippen MR) is 64.7 cm³/mol. The second-order valence-electron chi connectivity index (χ2n) is 5.63. The van der Waals surface area contributed by atoms with Gasteiger partial charge in [-0.3, -0.25) is 0 Å². The van der Waals surface area contributed by atoms with Crippen LogP contribution >= 0.6 is 0 Å². The van der Waals surface area contributed by atoms with Gasteiger partial charge in [0.2, 0.25) is 5.89 Å². The number of rotatable bonds is 3. The van der Waals surface area contributed by atoms with Crippen molar-refractivity contribution in [1.29, 1.82) is 0 Å². The summed E-state index contributed by atoms with van der Waals surface area (Å²) in [6, 6.07) is 0. The molecular formula is C13H21N3O. The van der Waals surface area contributed by atoms with E-state index in [1.165, 1.54) is 38.5 Å². The van der Waals surface area contributed by atoms with Crippen LogP contribution in [0.15, 0.2) is 4.52 Å². The summed E-state index contributed by atoms with van der Waals surface area (Å²) in [5.74, 6) is 2.25. The van der Waals surface area contributed by atoms with Crippen LogP contribution in [0.25, 0.3) is 0 Å². The Kier molecular flexibility index (Phi) is 2.90. The molecular weight excluding hydrogens is 214 g/mol. The highest BCUT2D eigenvalue weighted by atomic mass is 16.5. The topological polar surface area (TPSA) is 64.9 Å². The van der Waals surface area contributed by atoms with E-state index in [0.717, 1.165) is 24.6 Å². The first-order valence-electron chi connectivity index (χ1n) is 6.88. The second-order valence-corrected chi connectivity index (χ2v) is 5.63. The van der Waals surface area contributed by atoms with E-state index in [1.807, 2.05) is 0 Å². The first kappa shape index (κ1) is 11.2. The Morgan fingerprint density at radius 3 is 2.53 bits per heavy atom. The van der Waals surface area contributed by atoms with Crippen molar-refractivity contribution in [2.24, 2.45) is 5.73 Å². The van der Waals surface area contributed by atoms with Gasteiger partial charge in [0, 0.05) is 12.5 Å². The molecule has 94 valence electrons. The summed E-state index contributed by atoms with van der Waals surface area (Å²) >= 11 is 0. The molecule has 2 aliphatic carbocycles. The van der Waals surface area contributed by atoms with Crippen LogP contribution in [-0.4, -0.2) is 16.7 Å². The van der Waals surface area contributed by atoms with Crippen LogP contribution in [0.1, 0.15) is 69.0 Å². The maximum absolute atomic E-state index is 5.86. The van der Waals surface area contributed by atoms with E-state index in [2.05, 4.69) is 10.1 Å². The van der Waals surface area contributed by atoms with Crippen LogP contribution in [0.5, 0.6) is 0 Å². The largest absolute Gasteiger partial charge is 0.339 e. The molecule has 0 atom stereocenters. The number of hydrogen-bond acceptors (Lipinski definition) is 4. The van der Waals surface area contributed by atoms with E-state index in [9.17, 15) is 0 Å². The minimum Gasteiger partial charge on any atom is -0.339 e. The summed E-state index contributed by atoms with van der Waals surface area (Å²) in [5, 5.41) is 4.19. The zero-order chi connectivity index (χ0) is 11.7. The molecule has 3 rings (SSSR count). The Labute approximate surface area is 102 Å². The molecule has 0 amide bonds. The summed E-state index contributed by atoms with van der Waals surface area (Å²) in [7, 11) is 0. The monoisotopic (exact) mass is 235 g/mol. The molecule has 0 aliphatic heterocycles. The molecule has 0 spiro atoms. The molecule has 4 nitrogen and oxygen atoms in total. The Bertz CT molecular complexity index is 372. The molecule has 0 aromatic carbocycles. The van der Waals surface area contributed by atoms with Crippen molar-refractivity contribution in [1.82, 2.24) is 10.1 Å². The fraction of sp³-hybridized carbons (Fsp3) is 0.846. The summed E-state index contributed by atoms with van der Waals surface area (Å²) in [5.41, 5.74) is 5.87. The van der Waals surface area contributed by atoms with Gasteiger partial charge in [0.1, 0.15) is 0 Å². The van der Waals surface area contributed by atoms with E-state index in [4.69, 9.17) is 10.3 Å². The predicted octanol–water partition coefficient (Wildman–Crippen LogP) is 2.50. The average molecular weight is 235 g/mol. The number of hydrogen-bond donors (Lipinski definition) is 1. The van der Waals surface area contributed by atoms with Crippen LogP contribution in [0.3, 0.4) is 0 Å². The number of nitrogens with zero attached hydrogens (tertiary/aromatic N) is 2. The summed E-state index contributed by atoms with van der Waals surface area (Å²) < 4.78 is 5.47. The van der Waals surface area contributed by atoms with Gasteiger partial charge in [0.25, 0.3) is 0 Å². The average Bonchev–Trinajstić information content (AvgIpc) is 2.80. The molecule has 0 radical (unpaired) electrons. The van der Waals surface area contributed by atoms with Crippen LogP contribution in [0, 0.1) is 0 Å². The lowest BCUT2D eigenvalue weighted by atomic mass is 9.69. The second kappa shape index (κ2) is 4.41. The number of aromatic nitrogens is 2. The van der Waals surface area contributed by atoms with Crippen LogP contribution < -0.4 is 5.73 Å². The molecule has 2 N–H and O–H groups in total. The van der Waals surface area contributed by atoms with Gasteiger partial charge in [-0.1, -0.05) is 30.8 Å². The molecule has 1 aromatic heterocycles. The Morgan fingerprint density at radius 2 is 1.94 bits per heavy atom. The van der Waals surface area contributed by atoms with Gasteiger partial charge in [0.05, 0.1) is 5.41 Å². The van der Waals surface area contributed by atoms with Gasteiger partial charge >= 0.3 is 0 Å². The summed E-state index contributed by atoms with van der Waals surface area (Å²) in [4.78, 5) is 4.64. The van der Waals surface area contributed by atoms with Crippen molar-refractivity contribution in [2.45, 2.75) is 62.7 Å². The molecule has 4 heteroatoms. The minimum atomic E-state index is 0.0138. The molecule has 0 unspecified atom stereocenters.